The monoisotopic (exact) mass is 372 g/mol. The topological polar surface area (TPSA) is 106 Å². The van der Waals surface area contributed by atoms with Crippen molar-refractivity contribution in [3.8, 4) is 11.4 Å². The first-order valence-corrected chi connectivity index (χ1v) is 7.89. The van der Waals surface area contributed by atoms with Gasteiger partial charge in [0, 0.05) is 16.1 Å². The number of amides is 2. The van der Waals surface area contributed by atoms with E-state index in [9.17, 15) is 14.4 Å². The SMILES string of the molecule is O=C(Cn1c(-c2ccccc2)noc1=O)NNC(=O)c1ccc(Cl)cc1. The van der Waals surface area contributed by atoms with Crippen molar-refractivity contribution in [1.29, 1.82) is 0 Å². The van der Waals surface area contributed by atoms with Crippen LogP contribution in [-0.2, 0) is 11.3 Å². The van der Waals surface area contributed by atoms with Crippen LogP contribution in [0.25, 0.3) is 11.4 Å². The fraction of sp³-hybridized carbons (Fsp3) is 0.0588. The van der Waals surface area contributed by atoms with Gasteiger partial charge in [0.15, 0.2) is 5.82 Å². The summed E-state index contributed by atoms with van der Waals surface area (Å²) in [5.41, 5.74) is 5.44. The summed E-state index contributed by atoms with van der Waals surface area (Å²) in [7, 11) is 0. The molecule has 1 aromatic heterocycles. The Kier molecular flexibility index (Phi) is 5.14. The molecule has 1 heterocycles. The van der Waals surface area contributed by atoms with Gasteiger partial charge in [-0.3, -0.25) is 25.0 Å². The van der Waals surface area contributed by atoms with Crippen LogP contribution in [-0.4, -0.2) is 21.5 Å². The Balaban J connectivity index is 1.66. The molecule has 3 rings (SSSR count). The molecule has 2 amide bonds. The van der Waals surface area contributed by atoms with Crippen molar-refractivity contribution in [1.82, 2.24) is 20.6 Å². The predicted octanol–water partition coefficient (Wildman–Crippen LogP) is 1.62. The molecule has 0 bridgehead atoms. The lowest BCUT2D eigenvalue weighted by molar-refractivity contribution is -0.122. The Bertz CT molecular complexity index is 980. The van der Waals surface area contributed by atoms with E-state index < -0.39 is 17.6 Å². The predicted molar refractivity (Wildman–Crippen MR) is 93.3 cm³/mol. The van der Waals surface area contributed by atoms with Crippen LogP contribution >= 0.6 is 11.6 Å². The maximum Gasteiger partial charge on any atom is 0.442 e. The molecule has 2 aromatic carbocycles. The van der Waals surface area contributed by atoms with Crippen LogP contribution in [0.5, 0.6) is 0 Å². The lowest BCUT2D eigenvalue weighted by Crippen LogP contribution is -2.44. The van der Waals surface area contributed by atoms with Gasteiger partial charge in [0.05, 0.1) is 0 Å². The summed E-state index contributed by atoms with van der Waals surface area (Å²) in [6.07, 6.45) is 0. The lowest BCUT2D eigenvalue weighted by atomic mass is 10.2. The van der Waals surface area contributed by atoms with Gasteiger partial charge in [-0.2, -0.15) is 0 Å². The molecule has 0 aliphatic carbocycles. The minimum atomic E-state index is -0.775. The number of halogens is 1. The van der Waals surface area contributed by atoms with Crippen molar-refractivity contribution in [2.24, 2.45) is 0 Å². The molecule has 0 atom stereocenters. The largest absolute Gasteiger partial charge is 0.442 e. The van der Waals surface area contributed by atoms with E-state index in [4.69, 9.17) is 11.6 Å². The molecule has 2 N–H and O–H groups in total. The van der Waals surface area contributed by atoms with Crippen LogP contribution in [0.4, 0.5) is 0 Å². The third kappa shape index (κ3) is 3.98. The van der Waals surface area contributed by atoms with Crippen molar-refractivity contribution < 1.29 is 14.1 Å². The van der Waals surface area contributed by atoms with Crippen LogP contribution in [0, 0.1) is 0 Å². The Hall–Kier alpha value is -3.39. The van der Waals surface area contributed by atoms with Crippen molar-refractivity contribution >= 4 is 23.4 Å². The Labute approximate surface area is 152 Å². The van der Waals surface area contributed by atoms with E-state index in [2.05, 4.69) is 20.5 Å². The number of carbonyl (C=O) groups excluding carboxylic acids is 2. The molecular formula is C17H13ClN4O4. The van der Waals surface area contributed by atoms with Gasteiger partial charge < -0.3 is 0 Å². The summed E-state index contributed by atoms with van der Waals surface area (Å²) in [6.45, 7) is -0.368. The maximum atomic E-state index is 12.1. The summed E-state index contributed by atoms with van der Waals surface area (Å²) < 4.78 is 5.70. The molecule has 8 nitrogen and oxygen atoms in total. The van der Waals surface area contributed by atoms with Gasteiger partial charge in [-0.1, -0.05) is 47.1 Å². The first kappa shape index (κ1) is 17.4. The highest BCUT2D eigenvalue weighted by Crippen LogP contribution is 2.14. The minimum absolute atomic E-state index is 0.217. The van der Waals surface area contributed by atoms with Crippen molar-refractivity contribution in [3.63, 3.8) is 0 Å². The fourth-order valence-corrected chi connectivity index (χ4v) is 2.31. The molecule has 0 saturated heterocycles. The zero-order valence-electron chi connectivity index (χ0n) is 13.3. The second kappa shape index (κ2) is 7.66. The molecule has 3 aromatic rings. The zero-order valence-corrected chi connectivity index (χ0v) is 14.1. The highest BCUT2D eigenvalue weighted by atomic mass is 35.5. The Morgan fingerprint density at radius 2 is 1.73 bits per heavy atom. The number of hydrazine groups is 1. The fourth-order valence-electron chi connectivity index (χ4n) is 2.19. The van der Waals surface area contributed by atoms with E-state index in [1.807, 2.05) is 6.07 Å². The zero-order chi connectivity index (χ0) is 18.5. The van der Waals surface area contributed by atoms with E-state index in [1.54, 1.807) is 36.4 Å². The summed E-state index contributed by atoms with van der Waals surface area (Å²) in [5, 5.41) is 4.18. The number of rotatable bonds is 4. The first-order valence-electron chi connectivity index (χ1n) is 7.51. The molecule has 0 spiro atoms. The number of aromatic nitrogens is 2. The van der Waals surface area contributed by atoms with Gasteiger partial charge in [-0.25, -0.2) is 9.36 Å². The number of hydrogen-bond donors (Lipinski definition) is 2. The molecule has 0 radical (unpaired) electrons. The van der Waals surface area contributed by atoms with E-state index in [-0.39, 0.29) is 12.4 Å². The van der Waals surface area contributed by atoms with Crippen LogP contribution in [0.2, 0.25) is 5.02 Å². The van der Waals surface area contributed by atoms with E-state index in [1.165, 1.54) is 12.1 Å². The third-order valence-corrected chi connectivity index (χ3v) is 3.69. The Morgan fingerprint density at radius 3 is 2.42 bits per heavy atom. The maximum absolute atomic E-state index is 12.1. The van der Waals surface area contributed by atoms with Gasteiger partial charge in [0.2, 0.25) is 0 Å². The lowest BCUT2D eigenvalue weighted by Gasteiger charge is -2.08. The van der Waals surface area contributed by atoms with E-state index in [0.29, 0.717) is 16.1 Å². The molecule has 0 unspecified atom stereocenters. The second-order valence-corrected chi connectivity index (χ2v) is 5.67. The van der Waals surface area contributed by atoms with Crippen LogP contribution in [0.3, 0.4) is 0 Å². The number of hydrogen-bond acceptors (Lipinski definition) is 5. The summed E-state index contributed by atoms with van der Waals surface area (Å²) >= 11 is 5.75. The molecular weight excluding hydrogens is 360 g/mol. The Morgan fingerprint density at radius 1 is 1.04 bits per heavy atom. The van der Waals surface area contributed by atoms with Crippen LogP contribution < -0.4 is 16.6 Å². The summed E-state index contributed by atoms with van der Waals surface area (Å²) in [4.78, 5) is 35.8. The average Bonchev–Trinajstić information content (AvgIpc) is 3.01. The molecule has 0 fully saturated rings. The summed E-state index contributed by atoms with van der Waals surface area (Å²) in [5.74, 6) is -1.69. The molecule has 9 heteroatoms. The smallest absolute Gasteiger partial charge is 0.295 e. The molecule has 26 heavy (non-hydrogen) atoms. The van der Waals surface area contributed by atoms with E-state index >= 15 is 0 Å². The molecule has 0 saturated carbocycles. The standard InChI is InChI=1S/C17H13ClN4O4/c18-13-8-6-12(7-9-13)16(24)20-19-14(23)10-22-15(21-26-17(22)25)11-4-2-1-3-5-11/h1-9H,10H2,(H,19,23)(H,20,24). The third-order valence-electron chi connectivity index (χ3n) is 3.44. The number of nitrogens with zero attached hydrogens (tertiary/aromatic N) is 2. The second-order valence-electron chi connectivity index (χ2n) is 5.23. The normalized spacial score (nSPS) is 10.3. The van der Waals surface area contributed by atoms with Crippen molar-refractivity contribution in [2.45, 2.75) is 6.54 Å². The van der Waals surface area contributed by atoms with Gasteiger partial charge in [-0.05, 0) is 24.3 Å². The number of benzene rings is 2. The minimum Gasteiger partial charge on any atom is -0.295 e. The van der Waals surface area contributed by atoms with Gasteiger partial charge in [0.25, 0.3) is 11.8 Å². The highest BCUT2D eigenvalue weighted by Gasteiger charge is 2.16. The quantitative estimate of drug-likeness (QED) is 0.677. The molecule has 0 aliphatic rings. The van der Waals surface area contributed by atoms with Crippen LogP contribution in [0.15, 0.2) is 63.9 Å². The van der Waals surface area contributed by atoms with Gasteiger partial charge in [-0.15, -0.1) is 0 Å². The molecule has 132 valence electrons. The van der Waals surface area contributed by atoms with E-state index in [0.717, 1.165) is 4.57 Å². The van der Waals surface area contributed by atoms with Crippen LogP contribution in [0.1, 0.15) is 10.4 Å². The van der Waals surface area contributed by atoms with Gasteiger partial charge in [0.1, 0.15) is 6.54 Å². The average molecular weight is 373 g/mol. The van der Waals surface area contributed by atoms with Gasteiger partial charge >= 0.3 is 5.76 Å². The van der Waals surface area contributed by atoms with Crippen molar-refractivity contribution in [3.05, 3.63) is 75.7 Å². The van der Waals surface area contributed by atoms with Crippen molar-refractivity contribution in [2.75, 3.05) is 0 Å². The summed E-state index contributed by atoms with van der Waals surface area (Å²) in [6, 6.07) is 15.0. The number of nitrogens with one attached hydrogen (secondary N) is 2. The first-order chi connectivity index (χ1) is 12.5. The molecule has 0 aliphatic heterocycles. The highest BCUT2D eigenvalue weighted by molar-refractivity contribution is 6.30. The number of carbonyl (C=O) groups is 2.